The molecule has 0 aliphatic carbocycles. The first-order valence-electron chi connectivity index (χ1n) is 11.3. The third-order valence-electron chi connectivity index (χ3n) is 5.31. The van der Waals surface area contributed by atoms with Crippen LogP contribution in [0, 0.1) is 6.92 Å². The smallest absolute Gasteiger partial charge is 0.360 e. The topological polar surface area (TPSA) is 173 Å². The number of aryl methyl sites for hydroxylation is 1. The number of amides is 3. The van der Waals surface area contributed by atoms with Crippen LogP contribution in [0.2, 0.25) is 5.02 Å². The number of nitrogens with zero attached hydrogens (tertiary/aromatic N) is 2. The van der Waals surface area contributed by atoms with Crippen LogP contribution in [-0.4, -0.2) is 49.4 Å². The lowest BCUT2D eigenvalue weighted by molar-refractivity contribution is -0.146. The van der Waals surface area contributed by atoms with Gasteiger partial charge in [0.1, 0.15) is 18.4 Å². The average Bonchev–Trinajstić information content (AvgIpc) is 2.86. The zero-order valence-electron chi connectivity index (χ0n) is 20.4. The normalized spacial score (nSPS) is 13.8. The number of nitrogens with two attached hydrogens (primary N) is 2. The SMILES string of the molecule is CCC(NC(N)N)C(NC(=O)C(Cc1ccccc1)NC(=O)/N=N/c1ccc(C)c(Cl)c1)C(=O)OC. The van der Waals surface area contributed by atoms with Gasteiger partial charge in [0.25, 0.3) is 0 Å². The van der Waals surface area contributed by atoms with Crippen molar-refractivity contribution in [2.45, 2.75) is 51.1 Å². The third-order valence-corrected chi connectivity index (χ3v) is 5.72. The molecule has 36 heavy (non-hydrogen) atoms. The maximum Gasteiger partial charge on any atom is 0.360 e. The number of hydrogen-bond acceptors (Lipinski definition) is 8. The van der Waals surface area contributed by atoms with Gasteiger partial charge in [-0.05, 0) is 36.6 Å². The van der Waals surface area contributed by atoms with Crippen LogP contribution < -0.4 is 27.4 Å². The minimum atomic E-state index is -1.10. The van der Waals surface area contributed by atoms with Crippen molar-refractivity contribution in [3.63, 3.8) is 0 Å². The minimum Gasteiger partial charge on any atom is -0.467 e. The van der Waals surface area contributed by atoms with Gasteiger partial charge >= 0.3 is 12.0 Å². The van der Waals surface area contributed by atoms with Crippen LogP contribution in [0.4, 0.5) is 10.5 Å². The summed E-state index contributed by atoms with van der Waals surface area (Å²) >= 11 is 6.09. The summed E-state index contributed by atoms with van der Waals surface area (Å²) in [5, 5.41) is 16.1. The molecule has 0 bridgehead atoms. The van der Waals surface area contributed by atoms with E-state index in [0.717, 1.165) is 11.1 Å². The highest BCUT2D eigenvalue weighted by Gasteiger charge is 2.33. The molecule has 0 spiro atoms. The van der Waals surface area contributed by atoms with Crippen LogP contribution in [0.1, 0.15) is 24.5 Å². The van der Waals surface area contributed by atoms with Crippen molar-refractivity contribution in [1.29, 1.82) is 0 Å². The van der Waals surface area contributed by atoms with Crippen LogP contribution >= 0.6 is 11.6 Å². The van der Waals surface area contributed by atoms with E-state index in [1.807, 2.05) is 37.3 Å². The molecule has 12 heteroatoms. The zero-order chi connectivity index (χ0) is 26.7. The fourth-order valence-electron chi connectivity index (χ4n) is 3.39. The van der Waals surface area contributed by atoms with Gasteiger partial charge < -0.3 is 26.8 Å². The van der Waals surface area contributed by atoms with Crippen LogP contribution in [0.15, 0.2) is 58.8 Å². The highest BCUT2D eigenvalue weighted by atomic mass is 35.5. The first-order valence-corrected chi connectivity index (χ1v) is 11.7. The minimum absolute atomic E-state index is 0.138. The molecule has 2 aromatic carbocycles. The number of azo groups is 1. The average molecular weight is 518 g/mol. The Morgan fingerprint density at radius 3 is 2.36 bits per heavy atom. The monoisotopic (exact) mass is 517 g/mol. The molecule has 0 aliphatic rings. The molecule has 0 heterocycles. The summed E-state index contributed by atoms with van der Waals surface area (Å²) < 4.78 is 4.86. The van der Waals surface area contributed by atoms with Gasteiger partial charge in [-0.15, -0.1) is 5.11 Å². The number of halogens is 1. The molecule has 3 atom stereocenters. The molecule has 194 valence electrons. The lowest BCUT2D eigenvalue weighted by Crippen LogP contribution is -2.62. The molecule has 11 nitrogen and oxygen atoms in total. The Labute approximate surface area is 215 Å². The largest absolute Gasteiger partial charge is 0.467 e. The van der Waals surface area contributed by atoms with Crippen LogP contribution in [0.3, 0.4) is 0 Å². The summed E-state index contributed by atoms with van der Waals surface area (Å²) in [6.45, 7) is 3.63. The van der Waals surface area contributed by atoms with Gasteiger partial charge in [-0.2, -0.15) is 0 Å². The van der Waals surface area contributed by atoms with E-state index in [9.17, 15) is 14.4 Å². The van der Waals surface area contributed by atoms with E-state index in [4.69, 9.17) is 27.8 Å². The standard InChI is InChI=1S/C24H32ClN7O4/c1-4-18(28-23(26)27)20(22(34)36-3)30-21(33)19(12-15-8-6-5-7-9-15)29-24(35)32-31-16-11-10-14(2)17(25)13-16/h5-11,13,18-20,23,28H,4,12,26-27H2,1-3H3,(H,29,35)(H,30,33)/b32-31+. The number of rotatable bonds is 11. The summed E-state index contributed by atoms with van der Waals surface area (Å²) in [6, 6.07) is 10.4. The molecule has 0 radical (unpaired) electrons. The quantitative estimate of drug-likeness (QED) is 0.172. The first kappa shape index (κ1) is 28.9. The third kappa shape index (κ3) is 9.00. The van der Waals surface area contributed by atoms with E-state index in [1.165, 1.54) is 7.11 Å². The molecular weight excluding hydrogens is 486 g/mol. The van der Waals surface area contributed by atoms with Gasteiger partial charge in [0.05, 0.1) is 12.8 Å². The number of carbonyl (C=O) groups excluding carboxylic acids is 3. The van der Waals surface area contributed by atoms with Gasteiger partial charge in [-0.25, -0.2) is 9.59 Å². The Bertz CT molecular complexity index is 1070. The van der Waals surface area contributed by atoms with Crippen LogP contribution in [0.5, 0.6) is 0 Å². The molecule has 0 fully saturated rings. The summed E-state index contributed by atoms with van der Waals surface area (Å²) in [7, 11) is 1.21. The van der Waals surface area contributed by atoms with Crippen LogP contribution in [-0.2, 0) is 20.7 Å². The van der Waals surface area contributed by atoms with Gasteiger partial charge in [0, 0.05) is 17.5 Å². The van der Waals surface area contributed by atoms with E-state index in [1.54, 1.807) is 25.1 Å². The van der Waals surface area contributed by atoms with Crippen LogP contribution in [0.25, 0.3) is 0 Å². The van der Waals surface area contributed by atoms with Crippen molar-refractivity contribution in [3.05, 3.63) is 64.7 Å². The van der Waals surface area contributed by atoms with Crippen molar-refractivity contribution in [2.24, 2.45) is 21.7 Å². The predicted molar refractivity (Wildman–Crippen MR) is 136 cm³/mol. The van der Waals surface area contributed by atoms with E-state index in [2.05, 4.69) is 26.2 Å². The number of ether oxygens (including phenoxy) is 1. The fraction of sp³-hybridized carbons (Fsp3) is 0.375. The maximum absolute atomic E-state index is 13.3. The first-order chi connectivity index (χ1) is 17.1. The number of urea groups is 1. The van der Waals surface area contributed by atoms with E-state index in [0.29, 0.717) is 17.1 Å². The van der Waals surface area contributed by atoms with Gasteiger partial charge in [0.2, 0.25) is 5.91 Å². The maximum atomic E-state index is 13.3. The van der Waals surface area contributed by atoms with Gasteiger partial charge in [0.15, 0.2) is 0 Å². The number of hydrogen-bond donors (Lipinski definition) is 5. The Morgan fingerprint density at radius 1 is 1.08 bits per heavy atom. The lowest BCUT2D eigenvalue weighted by atomic mass is 10.0. The molecular formula is C24H32ClN7O4. The Hall–Kier alpha value is -3.38. The molecule has 7 N–H and O–H groups in total. The van der Waals surface area contributed by atoms with Crippen molar-refractivity contribution in [1.82, 2.24) is 16.0 Å². The van der Waals surface area contributed by atoms with Crippen molar-refractivity contribution in [2.75, 3.05) is 7.11 Å². The lowest BCUT2D eigenvalue weighted by Gasteiger charge is -2.29. The predicted octanol–water partition coefficient (Wildman–Crippen LogP) is 2.28. The number of carbonyl (C=O) groups is 3. The Kier molecular flexibility index (Phi) is 11.4. The number of nitrogens with one attached hydrogen (secondary N) is 3. The summed E-state index contributed by atoms with van der Waals surface area (Å²) in [6.07, 6.45) is -0.373. The molecule has 2 rings (SSSR count). The van der Waals surface area contributed by atoms with Crippen molar-refractivity contribution in [3.8, 4) is 0 Å². The van der Waals surface area contributed by atoms with E-state index >= 15 is 0 Å². The molecule has 3 amide bonds. The molecule has 3 unspecified atom stereocenters. The Morgan fingerprint density at radius 2 is 1.78 bits per heavy atom. The number of benzene rings is 2. The molecule has 0 saturated heterocycles. The second kappa shape index (κ2) is 14.2. The molecule has 0 saturated carbocycles. The second-order valence-corrected chi connectivity index (χ2v) is 8.45. The van der Waals surface area contributed by atoms with Crippen molar-refractivity contribution < 1.29 is 19.1 Å². The molecule has 2 aromatic rings. The number of methoxy groups -OCH3 is 1. The molecule has 0 aliphatic heterocycles. The van der Waals surface area contributed by atoms with E-state index < -0.39 is 42.3 Å². The second-order valence-electron chi connectivity index (χ2n) is 8.04. The van der Waals surface area contributed by atoms with Gasteiger partial charge in [-0.3, -0.25) is 10.1 Å². The summed E-state index contributed by atoms with van der Waals surface area (Å²) in [4.78, 5) is 38.3. The van der Waals surface area contributed by atoms with E-state index in [-0.39, 0.29) is 6.42 Å². The van der Waals surface area contributed by atoms with Gasteiger partial charge in [-0.1, -0.05) is 60.0 Å². The van der Waals surface area contributed by atoms with Crippen molar-refractivity contribution >= 4 is 35.2 Å². The highest BCUT2D eigenvalue weighted by molar-refractivity contribution is 6.31. The highest BCUT2D eigenvalue weighted by Crippen LogP contribution is 2.22. The summed E-state index contributed by atoms with van der Waals surface area (Å²) in [5.74, 6) is -1.31. The summed E-state index contributed by atoms with van der Waals surface area (Å²) in [5.41, 5.74) is 13.3. The number of esters is 1. The zero-order valence-corrected chi connectivity index (χ0v) is 21.2. The fourth-order valence-corrected chi connectivity index (χ4v) is 3.56. The molecule has 0 aromatic heterocycles. The Balaban J connectivity index is 2.23.